The van der Waals surface area contributed by atoms with Gasteiger partial charge in [0.15, 0.2) is 6.61 Å². The van der Waals surface area contributed by atoms with E-state index in [1.165, 1.54) is 0 Å². The van der Waals surface area contributed by atoms with Crippen LogP contribution in [0.3, 0.4) is 0 Å². The number of halogens is 2. The Hall–Kier alpha value is -1.91. The maximum absolute atomic E-state index is 11.8. The molecule has 0 aliphatic carbocycles. The minimum Gasteiger partial charge on any atom is -0.494 e. The third-order valence-corrected chi connectivity index (χ3v) is 3.45. The molecule has 0 radical (unpaired) electrons. The highest BCUT2D eigenvalue weighted by Crippen LogP contribution is 2.25. The summed E-state index contributed by atoms with van der Waals surface area (Å²) in [6, 6.07) is 11.9. The molecule has 0 heterocycles. The SMILES string of the molecule is CCOc1ccc(OCC(=O)Nc2ccc(Cl)c(Cl)c2)cc1. The Morgan fingerprint density at radius 2 is 1.64 bits per heavy atom. The van der Waals surface area contributed by atoms with Crippen molar-refractivity contribution < 1.29 is 14.3 Å². The van der Waals surface area contributed by atoms with Crippen molar-refractivity contribution in [3.05, 3.63) is 52.5 Å². The average molecular weight is 340 g/mol. The van der Waals surface area contributed by atoms with E-state index in [-0.39, 0.29) is 12.5 Å². The van der Waals surface area contributed by atoms with Gasteiger partial charge in [-0.1, -0.05) is 23.2 Å². The lowest BCUT2D eigenvalue weighted by molar-refractivity contribution is -0.118. The fraction of sp³-hybridized carbons (Fsp3) is 0.188. The van der Waals surface area contributed by atoms with Crippen molar-refractivity contribution in [2.24, 2.45) is 0 Å². The van der Waals surface area contributed by atoms with E-state index >= 15 is 0 Å². The number of hydrogen-bond acceptors (Lipinski definition) is 3. The number of nitrogens with one attached hydrogen (secondary N) is 1. The van der Waals surface area contributed by atoms with E-state index in [2.05, 4.69) is 5.32 Å². The Morgan fingerprint density at radius 1 is 1.00 bits per heavy atom. The smallest absolute Gasteiger partial charge is 0.262 e. The van der Waals surface area contributed by atoms with Gasteiger partial charge in [0.05, 0.1) is 16.7 Å². The van der Waals surface area contributed by atoms with Crippen LogP contribution in [0.15, 0.2) is 42.5 Å². The largest absolute Gasteiger partial charge is 0.494 e. The van der Waals surface area contributed by atoms with E-state index in [1.54, 1.807) is 42.5 Å². The molecule has 1 N–H and O–H groups in total. The lowest BCUT2D eigenvalue weighted by Crippen LogP contribution is -2.20. The molecule has 0 aliphatic rings. The van der Waals surface area contributed by atoms with Crippen LogP contribution in [0.1, 0.15) is 6.92 Å². The van der Waals surface area contributed by atoms with Crippen LogP contribution in [-0.2, 0) is 4.79 Å². The normalized spacial score (nSPS) is 10.1. The van der Waals surface area contributed by atoms with Crippen LogP contribution in [-0.4, -0.2) is 19.1 Å². The second-order valence-corrected chi connectivity index (χ2v) is 5.18. The molecule has 1 amide bonds. The summed E-state index contributed by atoms with van der Waals surface area (Å²) < 4.78 is 10.7. The number of carbonyl (C=O) groups is 1. The summed E-state index contributed by atoms with van der Waals surface area (Å²) in [6.45, 7) is 2.41. The van der Waals surface area contributed by atoms with E-state index in [1.807, 2.05) is 6.92 Å². The molecule has 0 unspecified atom stereocenters. The maximum atomic E-state index is 11.8. The number of hydrogen-bond donors (Lipinski definition) is 1. The molecule has 0 bridgehead atoms. The van der Waals surface area contributed by atoms with Crippen molar-refractivity contribution in [1.29, 1.82) is 0 Å². The molecule has 0 saturated carbocycles. The molecule has 0 saturated heterocycles. The molecule has 0 spiro atoms. The number of anilines is 1. The zero-order valence-electron chi connectivity index (χ0n) is 11.9. The molecular formula is C16H15Cl2NO3. The van der Waals surface area contributed by atoms with Gasteiger partial charge in [0.2, 0.25) is 0 Å². The van der Waals surface area contributed by atoms with Gasteiger partial charge in [-0.2, -0.15) is 0 Å². The number of amides is 1. The summed E-state index contributed by atoms with van der Waals surface area (Å²) in [5, 5.41) is 3.50. The quantitative estimate of drug-likeness (QED) is 0.847. The van der Waals surface area contributed by atoms with Crippen molar-refractivity contribution in [1.82, 2.24) is 0 Å². The van der Waals surface area contributed by atoms with Crippen LogP contribution in [0, 0.1) is 0 Å². The first-order valence-electron chi connectivity index (χ1n) is 6.69. The van der Waals surface area contributed by atoms with E-state index in [4.69, 9.17) is 32.7 Å². The molecule has 2 aromatic rings. The van der Waals surface area contributed by atoms with Crippen LogP contribution >= 0.6 is 23.2 Å². The Labute approximate surface area is 138 Å². The number of rotatable bonds is 6. The predicted octanol–water partition coefficient (Wildman–Crippen LogP) is 4.41. The second kappa shape index (κ2) is 7.92. The predicted molar refractivity (Wildman–Crippen MR) is 88.2 cm³/mol. The van der Waals surface area contributed by atoms with Crippen molar-refractivity contribution in [3.8, 4) is 11.5 Å². The van der Waals surface area contributed by atoms with Gasteiger partial charge in [0.25, 0.3) is 5.91 Å². The molecule has 4 nitrogen and oxygen atoms in total. The van der Waals surface area contributed by atoms with Crippen molar-refractivity contribution in [2.75, 3.05) is 18.5 Å². The Balaban J connectivity index is 1.85. The average Bonchev–Trinajstić information content (AvgIpc) is 2.51. The van der Waals surface area contributed by atoms with Gasteiger partial charge >= 0.3 is 0 Å². The molecule has 0 aromatic heterocycles. The highest BCUT2D eigenvalue weighted by Gasteiger charge is 2.06. The van der Waals surface area contributed by atoms with Gasteiger partial charge < -0.3 is 14.8 Å². The highest BCUT2D eigenvalue weighted by atomic mass is 35.5. The lowest BCUT2D eigenvalue weighted by Gasteiger charge is -2.09. The first-order valence-corrected chi connectivity index (χ1v) is 7.44. The fourth-order valence-electron chi connectivity index (χ4n) is 1.72. The zero-order valence-corrected chi connectivity index (χ0v) is 13.4. The summed E-state index contributed by atoms with van der Waals surface area (Å²) in [4.78, 5) is 11.8. The van der Waals surface area contributed by atoms with Crippen LogP contribution in [0.4, 0.5) is 5.69 Å². The van der Waals surface area contributed by atoms with Crippen molar-refractivity contribution >= 4 is 34.8 Å². The molecule has 22 heavy (non-hydrogen) atoms. The molecule has 0 aliphatic heterocycles. The number of benzene rings is 2. The Morgan fingerprint density at radius 3 is 2.23 bits per heavy atom. The van der Waals surface area contributed by atoms with Crippen LogP contribution < -0.4 is 14.8 Å². The Bertz CT molecular complexity index is 644. The zero-order chi connectivity index (χ0) is 15.9. The lowest BCUT2D eigenvalue weighted by atomic mass is 10.3. The van der Waals surface area contributed by atoms with Gasteiger partial charge in [0.1, 0.15) is 11.5 Å². The van der Waals surface area contributed by atoms with E-state index in [0.29, 0.717) is 28.1 Å². The third kappa shape index (κ3) is 4.83. The van der Waals surface area contributed by atoms with Gasteiger partial charge in [-0.05, 0) is 49.4 Å². The molecule has 116 valence electrons. The minimum absolute atomic E-state index is 0.103. The van der Waals surface area contributed by atoms with Crippen LogP contribution in [0.25, 0.3) is 0 Å². The number of carbonyl (C=O) groups excluding carboxylic acids is 1. The summed E-state index contributed by atoms with van der Waals surface area (Å²) in [7, 11) is 0. The van der Waals surface area contributed by atoms with Crippen LogP contribution in [0.5, 0.6) is 11.5 Å². The monoisotopic (exact) mass is 339 g/mol. The minimum atomic E-state index is -0.285. The standard InChI is InChI=1S/C16H15Cl2NO3/c1-2-21-12-4-6-13(7-5-12)22-10-16(20)19-11-3-8-14(17)15(18)9-11/h3-9H,2,10H2,1H3,(H,19,20). The third-order valence-electron chi connectivity index (χ3n) is 2.71. The van der Waals surface area contributed by atoms with Crippen LogP contribution in [0.2, 0.25) is 10.0 Å². The summed E-state index contributed by atoms with van der Waals surface area (Å²) in [6.07, 6.45) is 0. The fourth-order valence-corrected chi connectivity index (χ4v) is 2.02. The molecule has 2 aromatic carbocycles. The van der Waals surface area contributed by atoms with Gasteiger partial charge in [-0.25, -0.2) is 0 Å². The molecule has 2 rings (SSSR count). The highest BCUT2D eigenvalue weighted by molar-refractivity contribution is 6.42. The topological polar surface area (TPSA) is 47.6 Å². The van der Waals surface area contributed by atoms with E-state index < -0.39 is 0 Å². The van der Waals surface area contributed by atoms with E-state index in [9.17, 15) is 4.79 Å². The molecule has 0 fully saturated rings. The Kier molecular flexibility index (Phi) is 5.92. The summed E-state index contributed by atoms with van der Waals surface area (Å²) in [5.74, 6) is 1.06. The van der Waals surface area contributed by atoms with Gasteiger partial charge in [-0.3, -0.25) is 4.79 Å². The molecule has 6 heteroatoms. The van der Waals surface area contributed by atoms with Gasteiger partial charge in [0, 0.05) is 5.69 Å². The van der Waals surface area contributed by atoms with Gasteiger partial charge in [-0.15, -0.1) is 0 Å². The molecule has 0 atom stereocenters. The first-order chi connectivity index (χ1) is 10.6. The maximum Gasteiger partial charge on any atom is 0.262 e. The van der Waals surface area contributed by atoms with Crippen molar-refractivity contribution in [2.45, 2.75) is 6.92 Å². The molecular weight excluding hydrogens is 325 g/mol. The van der Waals surface area contributed by atoms with E-state index in [0.717, 1.165) is 5.75 Å². The first kappa shape index (κ1) is 16.5. The van der Waals surface area contributed by atoms with Crippen molar-refractivity contribution in [3.63, 3.8) is 0 Å². The summed E-state index contributed by atoms with van der Waals surface area (Å²) in [5.41, 5.74) is 0.565. The second-order valence-electron chi connectivity index (χ2n) is 4.37. The summed E-state index contributed by atoms with van der Waals surface area (Å²) >= 11 is 11.7. The number of ether oxygens (including phenoxy) is 2.